The smallest absolute Gasteiger partial charge is 0.264 e. The van der Waals surface area contributed by atoms with E-state index in [1.807, 2.05) is 23.6 Å². The van der Waals surface area contributed by atoms with Crippen molar-refractivity contribution >= 4 is 29.0 Å². The molecule has 1 saturated heterocycles. The molecule has 2 aromatic heterocycles. The Balaban J connectivity index is 1.55. The average molecular weight is 374 g/mol. The van der Waals surface area contributed by atoms with Gasteiger partial charge in [-0.25, -0.2) is 4.98 Å². The summed E-state index contributed by atoms with van der Waals surface area (Å²) in [6, 6.07) is 7.39. The average Bonchev–Trinajstić information content (AvgIpc) is 3.21. The lowest BCUT2D eigenvalue weighted by molar-refractivity contribution is -0.121. The van der Waals surface area contributed by atoms with E-state index < -0.39 is 0 Å². The monoisotopic (exact) mass is 374 g/mol. The molecule has 1 fully saturated rings. The Labute approximate surface area is 156 Å². The molecule has 0 aromatic carbocycles. The lowest BCUT2D eigenvalue weighted by Gasteiger charge is -2.29. The first-order chi connectivity index (χ1) is 12.6. The van der Waals surface area contributed by atoms with Crippen LogP contribution in [0.15, 0.2) is 35.8 Å². The van der Waals surface area contributed by atoms with Crippen molar-refractivity contribution in [3.8, 4) is 0 Å². The molecule has 0 aliphatic carbocycles. The van der Waals surface area contributed by atoms with E-state index in [1.54, 1.807) is 19.3 Å². The molecule has 0 unspecified atom stereocenters. The number of hydrogen-bond donors (Lipinski definition) is 1. The number of nitrogens with one attached hydrogen (secondary N) is 1. The second kappa shape index (κ2) is 8.77. The number of rotatable bonds is 6. The van der Waals surface area contributed by atoms with Crippen molar-refractivity contribution in [1.29, 1.82) is 0 Å². The quantitative estimate of drug-likeness (QED) is 0.827. The Morgan fingerprint density at radius 1 is 1.31 bits per heavy atom. The summed E-state index contributed by atoms with van der Waals surface area (Å²) in [6.07, 6.45) is 1.75. The number of morpholine rings is 1. The maximum atomic E-state index is 12.2. The van der Waals surface area contributed by atoms with Gasteiger partial charge < -0.3 is 19.9 Å². The van der Waals surface area contributed by atoms with Gasteiger partial charge in [0.15, 0.2) is 0 Å². The lowest BCUT2D eigenvalue weighted by Crippen LogP contribution is -2.39. The molecule has 2 amide bonds. The van der Waals surface area contributed by atoms with Crippen molar-refractivity contribution in [1.82, 2.24) is 15.2 Å². The molecule has 26 heavy (non-hydrogen) atoms. The first kappa shape index (κ1) is 18.3. The molecule has 3 heterocycles. The fraction of sp³-hybridized carbons (Fsp3) is 0.389. The van der Waals surface area contributed by atoms with Gasteiger partial charge in [-0.2, -0.15) is 0 Å². The second-order valence-corrected chi connectivity index (χ2v) is 6.95. The highest BCUT2D eigenvalue weighted by Crippen LogP contribution is 2.18. The molecular formula is C18H22N4O3S. The van der Waals surface area contributed by atoms with E-state index in [0.717, 1.165) is 24.5 Å². The molecule has 0 bridgehead atoms. The second-order valence-electron chi connectivity index (χ2n) is 6.00. The van der Waals surface area contributed by atoms with E-state index in [4.69, 9.17) is 4.74 Å². The van der Waals surface area contributed by atoms with Crippen LogP contribution in [0.4, 0.5) is 5.82 Å². The molecule has 0 radical (unpaired) electrons. The van der Waals surface area contributed by atoms with E-state index >= 15 is 0 Å². The SMILES string of the molecule is CN(CC(=O)NCc1cccnc1N1CCOCC1)C(=O)c1cccs1. The third-order valence-corrected chi connectivity index (χ3v) is 4.97. The number of likely N-dealkylation sites (N-methyl/N-ethyl adjacent to an activating group) is 1. The summed E-state index contributed by atoms with van der Waals surface area (Å²) >= 11 is 1.37. The summed E-state index contributed by atoms with van der Waals surface area (Å²) < 4.78 is 5.38. The highest BCUT2D eigenvalue weighted by Gasteiger charge is 2.18. The predicted octanol–water partition coefficient (Wildman–Crippen LogP) is 1.37. The van der Waals surface area contributed by atoms with E-state index in [2.05, 4.69) is 15.2 Å². The largest absolute Gasteiger partial charge is 0.378 e. The Bertz CT molecular complexity index is 745. The van der Waals surface area contributed by atoms with Crippen LogP contribution in [0.3, 0.4) is 0 Å². The van der Waals surface area contributed by atoms with Crippen LogP contribution in [0.2, 0.25) is 0 Å². The van der Waals surface area contributed by atoms with Crippen LogP contribution in [0.5, 0.6) is 0 Å². The Morgan fingerprint density at radius 3 is 2.85 bits per heavy atom. The molecule has 0 atom stereocenters. The van der Waals surface area contributed by atoms with Gasteiger partial charge in [0, 0.05) is 38.4 Å². The van der Waals surface area contributed by atoms with Crippen LogP contribution >= 0.6 is 11.3 Å². The molecule has 0 spiro atoms. The summed E-state index contributed by atoms with van der Waals surface area (Å²) in [5.74, 6) is 0.527. The van der Waals surface area contributed by atoms with Crippen LogP contribution in [-0.2, 0) is 16.1 Å². The summed E-state index contributed by atoms with van der Waals surface area (Å²) in [5.41, 5.74) is 0.954. The maximum absolute atomic E-state index is 12.2. The third kappa shape index (κ3) is 4.59. The highest BCUT2D eigenvalue weighted by molar-refractivity contribution is 7.12. The first-order valence-corrected chi connectivity index (χ1v) is 9.35. The van der Waals surface area contributed by atoms with Crippen LogP contribution in [0.25, 0.3) is 0 Å². The van der Waals surface area contributed by atoms with Gasteiger partial charge in [-0.3, -0.25) is 9.59 Å². The predicted molar refractivity (Wildman–Crippen MR) is 100 cm³/mol. The van der Waals surface area contributed by atoms with E-state index in [1.165, 1.54) is 16.2 Å². The van der Waals surface area contributed by atoms with Gasteiger partial charge in [-0.1, -0.05) is 12.1 Å². The van der Waals surface area contributed by atoms with Crippen molar-refractivity contribution in [2.24, 2.45) is 0 Å². The number of thiophene rings is 1. The molecule has 2 aromatic rings. The number of nitrogens with zero attached hydrogens (tertiary/aromatic N) is 3. The summed E-state index contributed by atoms with van der Waals surface area (Å²) in [4.78, 5) is 33.1. The molecule has 138 valence electrons. The highest BCUT2D eigenvalue weighted by atomic mass is 32.1. The molecule has 7 nitrogen and oxygen atoms in total. The van der Waals surface area contributed by atoms with Crippen LogP contribution in [-0.4, -0.2) is 61.6 Å². The topological polar surface area (TPSA) is 74.8 Å². The van der Waals surface area contributed by atoms with E-state index in [9.17, 15) is 9.59 Å². The summed E-state index contributed by atoms with van der Waals surface area (Å²) in [5, 5.41) is 4.73. The molecule has 0 saturated carbocycles. The van der Waals surface area contributed by atoms with E-state index in [0.29, 0.717) is 24.6 Å². The maximum Gasteiger partial charge on any atom is 0.264 e. The zero-order chi connectivity index (χ0) is 18.4. The van der Waals surface area contributed by atoms with Gasteiger partial charge in [0.25, 0.3) is 5.91 Å². The molecule has 3 rings (SSSR count). The Kier molecular flexibility index (Phi) is 6.19. The standard InChI is InChI=1S/C18H22N4O3S/c1-21(18(24)15-5-3-11-26-15)13-16(23)20-12-14-4-2-6-19-17(14)22-7-9-25-10-8-22/h2-6,11H,7-10,12-13H2,1H3,(H,20,23). The number of hydrogen-bond acceptors (Lipinski definition) is 6. The zero-order valence-corrected chi connectivity index (χ0v) is 15.5. The zero-order valence-electron chi connectivity index (χ0n) is 14.7. The van der Waals surface area contributed by atoms with Crippen molar-refractivity contribution < 1.29 is 14.3 Å². The van der Waals surface area contributed by atoms with Crippen LogP contribution < -0.4 is 10.2 Å². The third-order valence-electron chi connectivity index (χ3n) is 4.11. The number of carbonyl (C=O) groups is 2. The van der Waals surface area contributed by atoms with Gasteiger partial charge in [-0.05, 0) is 17.5 Å². The number of amides is 2. The fourth-order valence-electron chi connectivity index (χ4n) is 2.75. The van der Waals surface area contributed by atoms with Gasteiger partial charge in [0.1, 0.15) is 5.82 Å². The van der Waals surface area contributed by atoms with Crippen LogP contribution in [0.1, 0.15) is 15.2 Å². The lowest BCUT2D eigenvalue weighted by atomic mass is 10.2. The molecule has 1 aliphatic rings. The van der Waals surface area contributed by atoms with Gasteiger partial charge in [-0.15, -0.1) is 11.3 Å². The molecular weight excluding hydrogens is 352 g/mol. The Morgan fingerprint density at radius 2 is 2.12 bits per heavy atom. The number of carbonyl (C=O) groups excluding carboxylic acids is 2. The number of aromatic nitrogens is 1. The summed E-state index contributed by atoms with van der Waals surface area (Å²) in [7, 11) is 1.63. The summed E-state index contributed by atoms with van der Waals surface area (Å²) in [6.45, 7) is 3.33. The first-order valence-electron chi connectivity index (χ1n) is 8.47. The van der Waals surface area contributed by atoms with Crippen molar-refractivity contribution in [2.45, 2.75) is 6.54 Å². The number of ether oxygens (including phenoxy) is 1. The van der Waals surface area contributed by atoms with E-state index in [-0.39, 0.29) is 18.4 Å². The number of pyridine rings is 1. The number of anilines is 1. The van der Waals surface area contributed by atoms with Gasteiger partial charge in [0.2, 0.25) is 5.91 Å². The van der Waals surface area contributed by atoms with Crippen molar-refractivity contribution in [3.63, 3.8) is 0 Å². The van der Waals surface area contributed by atoms with Gasteiger partial charge >= 0.3 is 0 Å². The van der Waals surface area contributed by atoms with Crippen LogP contribution in [0, 0.1) is 0 Å². The van der Waals surface area contributed by atoms with Crippen molar-refractivity contribution in [2.75, 3.05) is 44.8 Å². The van der Waals surface area contributed by atoms with Crippen molar-refractivity contribution in [3.05, 3.63) is 46.3 Å². The fourth-order valence-corrected chi connectivity index (χ4v) is 3.47. The Hall–Kier alpha value is -2.45. The van der Waals surface area contributed by atoms with Gasteiger partial charge in [0.05, 0.1) is 24.6 Å². The minimum atomic E-state index is -0.200. The molecule has 1 aliphatic heterocycles. The minimum Gasteiger partial charge on any atom is -0.378 e. The normalized spacial score (nSPS) is 14.1. The molecule has 1 N–H and O–H groups in total. The minimum absolute atomic E-state index is 0.0177. The molecule has 8 heteroatoms.